The number of esters is 1. The number of carbonyl (C=O) groups excluding carboxylic acids is 1. The van der Waals surface area contributed by atoms with Crippen LogP contribution >= 0.6 is 0 Å². The molecule has 0 saturated carbocycles. The molecular weight excluding hydrogens is 240 g/mol. The van der Waals surface area contributed by atoms with Gasteiger partial charge in [0.25, 0.3) is 0 Å². The molecule has 3 heteroatoms. The topological polar surface area (TPSA) is 35.5 Å². The van der Waals surface area contributed by atoms with Gasteiger partial charge in [-0.3, -0.25) is 0 Å². The van der Waals surface area contributed by atoms with E-state index >= 15 is 0 Å². The molecular formula is C16H22O3. The lowest BCUT2D eigenvalue weighted by Crippen LogP contribution is -2.26. The molecule has 0 aliphatic carbocycles. The first-order valence-electron chi connectivity index (χ1n) is 6.77. The van der Waals surface area contributed by atoms with Crippen LogP contribution in [0.3, 0.4) is 0 Å². The zero-order chi connectivity index (χ0) is 13.9. The molecule has 19 heavy (non-hydrogen) atoms. The molecule has 1 rings (SSSR count). The summed E-state index contributed by atoms with van der Waals surface area (Å²) in [5.74, 6) is -0.266. The first kappa shape index (κ1) is 15.4. The fourth-order valence-corrected chi connectivity index (χ4v) is 1.69. The summed E-state index contributed by atoms with van der Waals surface area (Å²) < 4.78 is 10.5. The van der Waals surface area contributed by atoms with Gasteiger partial charge in [0.15, 0.2) is 6.10 Å². The van der Waals surface area contributed by atoms with E-state index in [-0.39, 0.29) is 5.97 Å². The van der Waals surface area contributed by atoms with Crippen molar-refractivity contribution in [2.24, 2.45) is 0 Å². The maximum absolute atomic E-state index is 11.6. The van der Waals surface area contributed by atoms with Gasteiger partial charge in [0.1, 0.15) is 0 Å². The van der Waals surface area contributed by atoms with Gasteiger partial charge in [-0.2, -0.15) is 0 Å². The van der Waals surface area contributed by atoms with Crippen LogP contribution in [0.4, 0.5) is 0 Å². The van der Waals surface area contributed by atoms with Crippen LogP contribution in [-0.2, 0) is 14.3 Å². The van der Waals surface area contributed by atoms with E-state index in [9.17, 15) is 4.79 Å². The van der Waals surface area contributed by atoms with E-state index in [2.05, 4.69) is 0 Å². The molecule has 0 aliphatic rings. The zero-order valence-electron chi connectivity index (χ0n) is 11.7. The van der Waals surface area contributed by atoms with E-state index in [0.717, 1.165) is 12.0 Å². The van der Waals surface area contributed by atoms with Crippen LogP contribution in [0, 0.1) is 0 Å². The molecule has 0 spiro atoms. The Bertz CT molecular complexity index is 384. The van der Waals surface area contributed by atoms with Crippen molar-refractivity contribution in [1.29, 1.82) is 0 Å². The maximum atomic E-state index is 11.6. The SMILES string of the molecule is CCCC(OC/C=C/c1ccccc1)C(=O)OCC. The quantitative estimate of drug-likeness (QED) is 0.673. The second-order valence-corrected chi connectivity index (χ2v) is 4.18. The molecule has 1 unspecified atom stereocenters. The Hall–Kier alpha value is -1.61. The van der Waals surface area contributed by atoms with Gasteiger partial charge < -0.3 is 9.47 Å². The molecule has 104 valence electrons. The third kappa shape index (κ3) is 6.20. The number of carbonyl (C=O) groups is 1. The van der Waals surface area contributed by atoms with E-state index in [1.807, 2.05) is 49.4 Å². The molecule has 0 saturated heterocycles. The molecule has 1 aromatic carbocycles. The fourth-order valence-electron chi connectivity index (χ4n) is 1.69. The van der Waals surface area contributed by atoms with Crippen molar-refractivity contribution >= 4 is 12.0 Å². The summed E-state index contributed by atoms with van der Waals surface area (Å²) >= 11 is 0. The van der Waals surface area contributed by atoms with E-state index in [0.29, 0.717) is 19.6 Å². The van der Waals surface area contributed by atoms with Crippen molar-refractivity contribution in [1.82, 2.24) is 0 Å². The van der Waals surface area contributed by atoms with Crippen molar-refractivity contribution in [3.8, 4) is 0 Å². The summed E-state index contributed by atoms with van der Waals surface area (Å²) in [6, 6.07) is 9.99. The second-order valence-electron chi connectivity index (χ2n) is 4.18. The minimum absolute atomic E-state index is 0.266. The van der Waals surface area contributed by atoms with Crippen LogP contribution < -0.4 is 0 Å². The maximum Gasteiger partial charge on any atom is 0.335 e. The molecule has 0 bridgehead atoms. The highest BCUT2D eigenvalue weighted by Crippen LogP contribution is 2.06. The third-order valence-electron chi connectivity index (χ3n) is 2.60. The smallest absolute Gasteiger partial charge is 0.335 e. The first-order chi connectivity index (χ1) is 9.27. The van der Waals surface area contributed by atoms with Crippen LogP contribution in [-0.4, -0.2) is 25.3 Å². The van der Waals surface area contributed by atoms with Gasteiger partial charge in [-0.1, -0.05) is 55.8 Å². The highest BCUT2D eigenvalue weighted by atomic mass is 16.6. The second kappa shape index (κ2) is 9.34. The van der Waals surface area contributed by atoms with Crippen molar-refractivity contribution in [3.63, 3.8) is 0 Å². The van der Waals surface area contributed by atoms with Gasteiger partial charge >= 0.3 is 5.97 Å². The molecule has 1 atom stereocenters. The predicted octanol–water partition coefficient (Wildman–Crippen LogP) is 3.45. The summed E-state index contributed by atoms with van der Waals surface area (Å²) in [6.07, 6.45) is 5.03. The highest BCUT2D eigenvalue weighted by Gasteiger charge is 2.18. The first-order valence-corrected chi connectivity index (χ1v) is 6.77. The van der Waals surface area contributed by atoms with Crippen LogP contribution in [0.15, 0.2) is 36.4 Å². The average molecular weight is 262 g/mol. The fraction of sp³-hybridized carbons (Fsp3) is 0.438. The van der Waals surface area contributed by atoms with Gasteiger partial charge in [0.05, 0.1) is 13.2 Å². The van der Waals surface area contributed by atoms with Gasteiger partial charge in [0.2, 0.25) is 0 Å². The minimum atomic E-state index is -0.453. The number of hydrogen-bond donors (Lipinski definition) is 0. The Labute approximate surface area is 115 Å². The van der Waals surface area contributed by atoms with E-state index in [1.165, 1.54) is 0 Å². The van der Waals surface area contributed by atoms with Crippen LogP contribution in [0.5, 0.6) is 0 Å². The largest absolute Gasteiger partial charge is 0.464 e. The van der Waals surface area contributed by atoms with Crippen LogP contribution in [0.1, 0.15) is 32.3 Å². The summed E-state index contributed by atoms with van der Waals surface area (Å²) in [4.78, 5) is 11.6. The third-order valence-corrected chi connectivity index (χ3v) is 2.60. The molecule has 3 nitrogen and oxygen atoms in total. The Kier molecular flexibility index (Phi) is 7.59. The zero-order valence-corrected chi connectivity index (χ0v) is 11.7. The van der Waals surface area contributed by atoms with Crippen molar-refractivity contribution in [2.75, 3.05) is 13.2 Å². The minimum Gasteiger partial charge on any atom is -0.464 e. The van der Waals surface area contributed by atoms with Crippen LogP contribution in [0.2, 0.25) is 0 Å². The lowest BCUT2D eigenvalue weighted by atomic mass is 10.2. The van der Waals surface area contributed by atoms with Crippen molar-refractivity contribution in [2.45, 2.75) is 32.8 Å². The van der Waals surface area contributed by atoms with E-state index in [1.54, 1.807) is 6.92 Å². The summed E-state index contributed by atoms with van der Waals surface area (Å²) in [7, 11) is 0. The average Bonchev–Trinajstić information content (AvgIpc) is 2.43. The Morgan fingerprint density at radius 2 is 2.00 bits per heavy atom. The van der Waals surface area contributed by atoms with Gasteiger partial charge in [0, 0.05) is 0 Å². The summed E-state index contributed by atoms with van der Waals surface area (Å²) in [6.45, 7) is 4.63. The highest BCUT2D eigenvalue weighted by molar-refractivity contribution is 5.74. The number of benzene rings is 1. The van der Waals surface area contributed by atoms with Crippen LogP contribution in [0.25, 0.3) is 6.08 Å². The molecule has 0 aromatic heterocycles. The molecule has 0 radical (unpaired) electrons. The lowest BCUT2D eigenvalue weighted by Gasteiger charge is -2.14. The molecule has 0 N–H and O–H groups in total. The molecule has 0 aliphatic heterocycles. The summed E-state index contributed by atoms with van der Waals surface area (Å²) in [5, 5.41) is 0. The number of rotatable bonds is 8. The monoisotopic (exact) mass is 262 g/mol. The van der Waals surface area contributed by atoms with Gasteiger partial charge in [-0.15, -0.1) is 0 Å². The lowest BCUT2D eigenvalue weighted by molar-refractivity contribution is -0.156. The van der Waals surface area contributed by atoms with Gasteiger partial charge in [-0.25, -0.2) is 4.79 Å². The predicted molar refractivity (Wildman–Crippen MR) is 76.8 cm³/mol. The molecule has 0 amide bonds. The molecule has 1 aromatic rings. The normalized spacial score (nSPS) is 12.5. The summed E-state index contributed by atoms with van der Waals surface area (Å²) in [5.41, 5.74) is 1.12. The van der Waals surface area contributed by atoms with Crippen molar-refractivity contribution < 1.29 is 14.3 Å². The Morgan fingerprint density at radius 1 is 1.26 bits per heavy atom. The Morgan fingerprint density at radius 3 is 2.63 bits per heavy atom. The van der Waals surface area contributed by atoms with Crippen molar-refractivity contribution in [3.05, 3.63) is 42.0 Å². The number of hydrogen-bond acceptors (Lipinski definition) is 3. The van der Waals surface area contributed by atoms with Gasteiger partial charge in [-0.05, 0) is 18.9 Å². The molecule has 0 fully saturated rings. The van der Waals surface area contributed by atoms with E-state index in [4.69, 9.17) is 9.47 Å². The number of ether oxygens (including phenoxy) is 2. The van der Waals surface area contributed by atoms with E-state index < -0.39 is 6.10 Å². The standard InChI is InChI=1S/C16H22O3/c1-3-9-15(16(17)18-4-2)19-13-8-12-14-10-6-5-7-11-14/h5-8,10-12,15H,3-4,9,13H2,1-2H3/b12-8+. The molecule has 0 heterocycles. The Balaban J connectivity index is 2.39.